The van der Waals surface area contributed by atoms with E-state index in [-0.39, 0.29) is 35.2 Å². The third-order valence-electron chi connectivity index (χ3n) is 4.89. The topological polar surface area (TPSA) is 52.6 Å². The highest BCUT2D eigenvalue weighted by Gasteiger charge is 2.45. The molecule has 1 aromatic heterocycles. The maximum absolute atomic E-state index is 14.2. The molecule has 5 nitrogen and oxygen atoms in total. The van der Waals surface area contributed by atoms with Crippen LogP contribution in [0.15, 0.2) is 47.5 Å². The summed E-state index contributed by atoms with van der Waals surface area (Å²) in [5, 5.41) is 6.65. The highest BCUT2D eigenvalue weighted by atomic mass is 127. The van der Waals surface area contributed by atoms with Crippen molar-refractivity contribution in [3.05, 3.63) is 59.5 Å². The quantitative estimate of drug-likeness (QED) is 0.348. The minimum atomic E-state index is -0.122. The lowest BCUT2D eigenvalue weighted by Gasteiger charge is -2.19. The zero-order valence-electron chi connectivity index (χ0n) is 16.7. The summed E-state index contributed by atoms with van der Waals surface area (Å²) >= 11 is 0. The van der Waals surface area contributed by atoms with E-state index in [2.05, 4.69) is 20.6 Å². The van der Waals surface area contributed by atoms with E-state index >= 15 is 0 Å². The summed E-state index contributed by atoms with van der Waals surface area (Å²) in [6.45, 7) is 3.96. The van der Waals surface area contributed by atoms with Gasteiger partial charge < -0.3 is 15.5 Å². The lowest BCUT2D eigenvalue weighted by atomic mass is 9.95. The second-order valence-corrected chi connectivity index (χ2v) is 7.19. The summed E-state index contributed by atoms with van der Waals surface area (Å²) in [7, 11) is 3.94. The molecule has 0 unspecified atom stereocenters. The molecule has 1 aromatic carbocycles. The van der Waals surface area contributed by atoms with Gasteiger partial charge in [-0.25, -0.2) is 14.4 Å². The summed E-state index contributed by atoms with van der Waals surface area (Å²) < 4.78 is 14.2. The number of pyridine rings is 1. The van der Waals surface area contributed by atoms with Crippen molar-refractivity contribution in [1.82, 2.24) is 15.6 Å². The van der Waals surface area contributed by atoms with E-state index in [1.54, 1.807) is 6.07 Å². The standard InChI is InChI=1S/C21H28FN5.HI/c1-4-23-20(24-14-16-8-7-11-19(26-16)27(2)3)25-15-21(12-13-21)17-9-5-6-10-18(17)22;/h5-11H,4,12-15H2,1-3H3,(H2,23,24,25);1H. The molecule has 152 valence electrons. The van der Waals surface area contributed by atoms with E-state index in [0.717, 1.165) is 42.4 Å². The molecule has 0 radical (unpaired) electrons. The molecule has 28 heavy (non-hydrogen) atoms. The van der Waals surface area contributed by atoms with Gasteiger partial charge in [0.25, 0.3) is 0 Å². The number of rotatable bonds is 7. The fraction of sp³-hybridized carbons (Fsp3) is 0.429. The first-order valence-corrected chi connectivity index (χ1v) is 9.44. The van der Waals surface area contributed by atoms with Crippen molar-refractivity contribution in [3.63, 3.8) is 0 Å². The van der Waals surface area contributed by atoms with Crippen molar-refractivity contribution in [2.24, 2.45) is 4.99 Å². The van der Waals surface area contributed by atoms with Crippen molar-refractivity contribution in [2.75, 3.05) is 32.1 Å². The van der Waals surface area contributed by atoms with Crippen LogP contribution in [0.4, 0.5) is 10.2 Å². The number of halogens is 2. The highest BCUT2D eigenvalue weighted by molar-refractivity contribution is 14.0. The molecule has 0 aliphatic heterocycles. The number of nitrogens with one attached hydrogen (secondary N) is 2. The lowest BCUT2D eigenvalue weighted by Crippen LogP contribution is -2.41. The molecular formula is C21H29FIN5. The average molecular weight is 497 g/mol. The maximum Gasteiger partial charge on any atom is 0.191 e. The predicted octanol–water partition coefficient (Wildman–Crippen LogP) is 3.69. The molecule has 1 aliphatic carbocycles. The van der Waals surface area contributed by atoms with Gasteiger partial charge in [0.2, 0.25) is 0 Å². The second-order valence-electron chi connectivity index (χ2n) is 7.19. The van der Waals surface area contributed by atoms with Crippen LogP contribution in [0.3, 0.4) is 0 Å². The first kappa shape index (κ1) is 22.4. The van der Waals surface area contributed by atoms with Crippen molar-refractivity contribution in [1.29, 1.82) is 0 Å². The van der Waals surface area contributed by atoms with E-state index in [0.29, 0.717) is 13.1 Å². The molecule has 2 N–H and O–H groups in total. The normalized spacial score (nSPS) is 14.8. The van der Waals surface area contributed by atoms with Gasteiger partial charge in [-0.2, -0.15) is 0 Å². The maximum atomic E-state index is 14.2. The number of benzene rings is 1. The molecule has 0 saturated heterocycles. The Morgan fingerprint density at radius 2 is 1.89 bits per heavy atom. The van der Waals surface area contributed by atoms with Gasteiger partial charge in [-0.05, 0) is 43.5 Å². The first-order chi connectivity index (χ1) is 13.0. The Balaban J connectivity index is 0.00000280. The van der Waals surface area contributed by atoms with E-state index in [1.807, 2.05) is 56.3 Å². The van der Waals surface area contributed by atoms with Gasteiger partial charge in [-0.15, -0.1) is 24.0 Å². The summed E-state index contributed by atoms with van der Waals surface area (Å²) in [5.74, 6) is 1.53. The molecular weight excluding hydrogens is 468 g/mol. The molecule has 0 amide bonds. The van der Waals surface area contributed by atoms with Gasteiger partial charge in [-0.1, -0.05) is 24.3 Å². The monoisotopic (exact) mass is 497 g/mol. The molecule has 1 saturated carbocycles. The van der Waals surface area contributed by atoms with Gasteiger partial charge in [0.15, 0.2) is 5.96 Å². The number of aromatic nitrogens is 1. The Morgan fingerprint density at radius 1 is 1.14 bits per heavy atom. The summed E-state index contributed by atoms with van der Waals surface area (Å²) in [6.07, 6.45) is 1.99. The Bertz CT molecular complexity index is 805. The smallest absolute Gasteiger partial charge is 0.191 e. The largest absolute Gasteiger partial charge is 0.363 e. The summed E-state index contributed by atoms with van der Waals surface area (Å²) in [5.41, 5.74) is 1.59. The number of anilines is 1. The molecule has 0 bridgehead atoms. The van der Waals surface area contributed by atoms with Gasteiger partial charge in [0.05, 0.1) is 12.2 Å². The fourth-order valence-corrected chi connectivity index (χ4v) is 3.14. The van der Waals surface area contributed by atoms with Crippen LogP contribution >= 0.6 is 24.0 Å². The van der Waals surface area contributed by atoms with E-state index in [1.165, 1.54) is 6.07 Å². The zero-order chi connectivity index (χ0) is 19.3. The Morgan fingerprint density at radius 3 is 2.54 bits per heavy atom. The zero-order valence-corrected chi connectivity index (χ0v) is 19.0. The number of hydrogen-bond acceptors (Lipinski definition) is 3. The van der Waals surface area contributed by atoms with Crippen LogP contribution < -0.4 is 15.5 Å². The Kier molecular flexibility index (Phi) is 8.03. The number of aliphatic imine (C=N–C) groups is 1. The molecule has 0 spiro atoms. The molecule has 1 heterocycles. The van der Waals surface area contributed by atoms with Crippen LogP contribution in [0.5, 0.6) is 0 Å². The number of nitrogens with zero attached hydrogens (tertiary/aromatic N) is 3. The Hall–Kier alpha value is -1.90. The fourth-order valence-electron chi connectivity index (χ4n) is 3.14. The summed E-state index contributed by atoms with van der Waals surface area (Å²) in [6, 6.07) is 13.0. The Labute approximate surface area is 183 Å². The van der Waals surface area contributed by atoms with Crippen molar-refractivity contribution in [3.8, 4) is 0 Å². The van der Waals surface area contributed by atoms with Crippen molar-refractivity contribution < 1.29 is 4.39 Å². The molecule has 3 rings (SSSR count). The highest BCUT2D eigenvalue weighted by Crippen LogP contribution is 2.48. The van der Waals surface area contributed by atoms with Crippen molar-refractivity contribution >= 4 is 35.8 Å². The van der Waals surface area contributed by atoms with Crippen LogP contribution in [0.1, 0.15) is 31.0 Å². The van der Waals surface area contributed by atoms with Crippen LogP contribution in [0, 0.1) is 5.82 Å². The lowest BCUT2D eigenvalue weighted by molar-refractivity contribution is 0.559. The molecule has 0 atom stereocenters. The first-order valence-electron chi connectivity index (χ1n) is 9.44. The molecule has 1 aliphatic rings. The number of hydrogen-bond donors (Lipinski definition) is 2. The van der Waals surface area contributed by atoms with Gasteiger partial charge in [0.1, 0.15) is 11.6 Å². The summed E-state index contributed by atoms with van der Waals surface area (Å²) in [4.78, 5) is 11.2. The van der Waals surface area contributed by atoms with Crippen LogP contribution in [0.25, 0.3) is 0 Å². The van der Waals surface area contributed by atoms with Gasteiger partial charge in [-0.3, -0.25) is 0 Å². The van der Waals surface area contributed by atoms with Crippen molar-refractivity contribution in [2.45, 2.75) is 31.7 Å². The predicted molar refractivity (Wildman–Crippen MR) is 124 cm³/mol. The molecule has 7 heteroatoms. The van der Waals surface area contributed by atoms with Gasteiger partial charge >= 0.3 is 0 Å². The van der Waals surface area contributed by atoms with E-state index in [9.17, 15) is 4.39 Å². The third kappa shape index (κ3) is 5.56. The molecule has 2 aromatic rings. The average Bonchev–Trinajstić information content (AvgIpc) is 3.45. The second kappa shape index (κ2) is 10.0. The van der Waals surface area contributed by atoms with Crippen LogP contribution in [0.2, 0.25) is 0 Å². The minimum absolute atomic E-state index is 0. The van der Waals surface area contributed by atoms with Crippen LogP contribution in [-0.4, -0.2) is 38.1 Å². The molecule has 1 fully saturated rings. The third-order valence-corrected chi connectivity index (χ3v) is 4.89. The van der Waals surface area contributed by atoms with E-state index in [4.69, 9.17) is 0 Å². The van der Waals surface area contributed by atoms with Crippen LogP contribution in [-0.2, 0) is 12.0 Å². The van der Waals surface area contributed by atoms with E-state index < -0.39 is 0 Å². The van der Waals surface area contributed by atoms with Gasteiger partial charge in [0, 0.05) is 32.6 Å². The minimum Gasteiger partial charge on any atom is -0.363 e. The SMILES string of the molecule is CCNC(=NCc1cccc(N(C)C)n1)NCC1(c2ccccc2F)CC1.I. The number of guanidine groups is 1.